The van der Waals surface area contributed by atoms with E-state index in [9.17, 15) is 0 Å². The van der Waals surface area contributed by atoms with Crippen LogP contribution in [0.2, 0.25) is 0 Å². The normalized spacial score (nSPS) is 10.4. The molecule has 2 rings (SSSR count). The van der Waals surface area contributed by atoms with E-state index in [4.69, 9.17) is 15.3 Å². The summed E-state index contributed by atoms with van der Waals surface area (Å²) in [5.74, 6) is 7.22. The monoisotopic (exact) mass is 297 g/mol. The lowest BCUT2D eigenvalue weighted by Gasteiger charge is -2.14. The number of rotatable bonds is 3. The third kappa shape index (κ3) is 1.89. The van der Waals surface area contributed by atoms with Crippen molar-refractivity contribution < 1.29 is 9.47 Å². The van der Waals surface area contributed by atoms with E-state index in [2.05, 4.69) is 26.3 Å². The van der Waals surface area contributed by atoms with Crippen LogP contribution in [0.5, 0.6) is 11.5 Å². The van der Waals surface area contributed by atoms with Gasteiger partial charge in [-0.3, -0.25) is 0 Å². The molecule has 0 aliphatic rings. The molecule has 0 spiro atoms. The number of ether oxygens (including phenoxy) is 2. The molecule has 2 aromatic rings. The number of methoxy groups -OCH3 is 2. The molecular weight excluding hydrogens is 286 g/mol. The van der Waals surface area contributed by atoms with E-state index in [1.54, 1.807) is 20.4 Å². The molecule has 5 nitrogen and oxygen atoms in total. The Morgan fingerprint density at radius 2 is 2.12 bits per heavy atom. The van der Waals surface area contributed by atoms with E-state index in [0.717, 1.165) is 15.2 Å². The third-order valence-electron chi connectivity index (χ3n) is 2.48. The van der Waals surface area contributed by atoms with E-state index in [1.807, 2.05) is 12.1 Å². The van der Waals surface area contributed by atoms with Gasteiger partial charge in [0.15, 0.2) is 17.3 Å². The van der Waals surface area contributed by atoms with Crippen molar-refractivity contribution in [3.05, 3.63) is 22.8 Å². The van der Waals surface area contributed by atoms with Crippen LogP contribution in [0.3, 0.4) is 0 Å². The quantitative estimate of drug-likeness (QED) is 0.672. The number of nitrogens with two attached hydrogens (primary N) is 1. The molecule has 0 amide bonds. The topological polar surface area (TPSA) is 69.4 Å². The molecule has 0 bridgehead atoms. The molecule has 0 atom stereocenters. The SMILES string of the molecule is COc1cc(Br)c2ccnc(NN)c2c1OC. The van der Waals surface area contributed by atoms with Gasteiger partial charge in [-0.1, -0.05) is 15.9 Å². The zero-order valence-electron chi connectivity index (χ0n) is 9.45. The van der Waals surface area contributed by atoms with Crippen molar-refractivity contribution in [2.24, 2.45) is 5.84 Å². The third-order valence-corrected chi connectivity index (χ3v) is 3.13. The maximum absolute atomic E-state index is 5.46. The van der Waals surface area contributed by atoms with Crippen molar-refractivity contribution in [2.45, 2.75) is 0 Å². The van der Waals surface area contributed by atoms with Gasteiger partial charge in [0, 0.05) is 16.1 Å². The molecule has 1 aromatic carbocycles. The fourth-order valence-electron chi connectivity index (χ4n) is 1.74. The predicted octanol–water partition coefficient (Wildman–Crippen LogP) is 2.30. The van der Waals surface area contributed by atoms with Gasteiger partial charge in [0.1, 0.15) is 0 Å². The molecule has 0 saturated heterocycles. The van der Waals surface area contributed by atoms with Gasteiger partial charge in [0.2, 0.25) is 0 Å². The number of benzene rings is 1. The minimum atomic E-state index is 0.541. The first-order chi connectivity index (χ1) is 8.22. The van der Waals surface area contributed by atoms with Gasteiger partial charge in [0.05, 0.1) is 19.6 Å². The van der Waals surface area contributed by atoms with Crippen LogP contribution in [-0.4, -0.2) is 19.2 Å². The van der Waals surface area contributed by atoms with Crippen molar-refractivity contribution in [2.75, 3.05) is 19.6 Å². The Morgan fingerprint density at radius 3 is 2.71 bits per heavy atom. The second-order valence-electron chi connectivity index (χ2n) is 3.32. The van der Waals surface area contributed by atoms with Crippen molar-refractivity contribution in [3.63, 3.8) is 0 Å². The molecule has 0 fully saturated rings. The predicted molar refractivity (Wildman–Crippen MR) is 70.4 cm³/mol. The summed E-state index contributed by atoms with van der Waals surface area (Å²) in [6.07, 6.45) is 1.67. The number of fused-ring (bicyclic) bond motifs is 1. The number of aromatic nitrogens is 1. The summed E-state index contributed by atoms with van der Waals surface area (Å²) in [5.41, 5.74) is 2.56. The summed E-state index contributed by atoms with van der Waals surface area (Å²) in [4.78, 5) is 4.16. The number of hydrazine groups is 1. The maximum Gasteiger partial charge on any atom is 0.172 e. The molecule has 17 heavy (non-hydrogen) atoms. The van der Waals surface area contributed by atoms with E-state index < -0.39 is 0 Å². The molecule has 1 aromatic heterocycles. The summed E-state index contributed by atoms with van der Waals surface area (Å²) >= 11 is 3.48. The van der Waals surface area contributed by atoms with Crippen molar-refractivity contribution in [3.8, 4) is 11.5 Å². The Kier molecular flexibility index (Phi) is 3.35. The second kappa shape index (κ2) is 4.77. The highest BCUT2D eigenvalue weighted by atomic mass is 79.9. The fraction of sp³-hybridized carbons (Fsp3) is 0.182. The van der Waals surface area contributed by atoms with Gasteiger partial charge in [-0.15, -0.1) is 0 Å². The number of halogens is 1. The van der Waals surface area contributed by atoms with Gasteiger partial charge < -0.3 is 14.9 Å². The van der Waals surface area contributed by atoms with Crippen molar-refractivity contribution in [1.82, 2.24) is 4.98 Å². The number of nitrogens with one attached hydrogen (secondary N) is 1. The minimum Gasteiger partial charge on any atom is -0.493 e. The van der Waals surface area contributed by atoms with Crippen molar-refractivity contribution >= 4 is 32.5 Å². The first-order valence-corrected chi connectivity index (χ1v) is 5.68. The summed E-state index contributed by atoms with van der Waals surface area (Å²) < 4.78 is 11.5. The average Bonchev–Trinajstić information content (AvgIpc) is 2.37. The molecule has 0 saturated carbocycles. The van der Waals surface area contributed by atoms with Gasteiger partial charge >= 0.3 is 0 Å². The standard InChI is InChI=1S/C11H12BrN3O2/c1-16-8-5-7(12)6-3-4-14-11(15-13)9(6)10(8)17-2/h3-5H,13H2,1-2H3,(H,14,15). The van der Waals surface area contributed by atoms with Gasteiger partial charge in [-0.05, 0) is 12.1 Å². The largest absolute Gasteiger partial charge is 0.493 e. The summed E-state index contributed by atoms with van der Waals surface area (Å²) in [6, 6.07) is 3.73. The van der Waals surface area contributed by atoms with Crippen LogP contribution in [0.15, 0.2) is 22.8 Å². The van der Waals surface area contributed by atoms with Crippen LogP contribution in [-0.2, 0) is 0 Å². The van der Waals surface area contributed by atoms with Crippen LogP contribution in [0.25, 0.3) is 10.8 Å². The van der Waals surface area contributed by atoms with Gasteiger partial charge in [-0.2, -0.15) is 0 Å². The number of nitrogens with zero attached hydrogens (tertiary/aromatic N) is 1. The first-order valence-electron chi connectivity index (χ1n) is 4.88. The molecule has 0 aliphatic heterocycles. The summed E-state index contributed by atoms with van der Waals surface area (Å²) in [6.45, 7) is 0. The van der Waals surface area contributed by atoms with Crippen LogP contribution in [0.1, 0.15) is 0 Å². The Bertz CT molecular complexity index is 560. The zero-order chi connectivity index (χ0) is 12.4. The van der Waals surface area contributed by atoms with Crippen LogP contribution in [0.4, 0.5) is 5.82 Å². The van der Waals surface area contributed by atoms with E-state index in [1.165, 1.54) is 0 Å². The maximum atomic E-state index is 5.46. The lowest BCUT2D eigenvalue weighted by atomic mass is 10.1. The highest BCUT2D eigenvalue weighted by Crippen LogP contribution is 2.42. The molecule has 6 heteroatoms. The molecule has 3 N–H and O–H groups in total. The Labute approximate surface area is 107 Å². The van der Waals surface area contributed by atoms with E-state index >= 15 is 0 Å². The minimum absolute atomic E-state index is 0.541. The second-order valence-corrected chi connectivity index (χ2v) is 4.17. The smallest absolute Gasteiger partial charge is 0.172 e. The number of hydrogen-bond donors (Lipinski definition) is 2. The van der Waals surface area contributed by atoms with Crippen LogP contribution in [0, 0.1) is 0 Å². The van der Waals surface area contributed by atoms with E-state index in [-0.39, 0.29) is 0 Å². The van der Waals surface area contributed by atoms with Crippen molar-refractivity contribution in [1.29, 1.82) is 0 Å². The van der Waals surface area contributed by atoms with Gasteiger partial charge in [-0.25, -0.2) is 10.8 Å². The first kappa shape index (κ1) is 11.9. The lowest BCUT2D eigenvalue weighted by molar-refractivity contribution is 0.358. The number of nitrogen functional groups attached to an aromatic ring is 1. The Balaban J connectivity index is 2.92. The highest BCUT2D eigenvalue weighted by molar-refractivity contribution is 9.10. The molecule has 0 aliphatic carbocycles. The average molecular weight is 298 g/mol. The molecular formula is C11H12BrN3O2. The van der Waals surface area contributed by atoms with Crippen LogP contribution < -0.4 is 20.7 Å². The number of anilines is 1. The Hall–Kier alpha value is -1.53. The summed E-state index contributed by atoms with van der Waals surface area (Å²) in [7, 11) is 3.17. The molecule has 1 heterocycles. The van der Waals surface area contributed by atoms with Crippen LogP contribution >= 0.6 is 15.9 Å². The lowest BCUT2D eigenvalue weighted by Crippen LogP contribution is -2.09. The molecule has 90 valence electrons. The number of pyridine rings is 1. The summed E-state index contributed by atoms with van der Waals surface area (Å²) in [5, 5.41) is 1.73. The van der Waals surface area contributed by atoms with Gasteiger partial charge in [0.25, 0.3) is 0 Å². The number of hydrogen-bond acceptors (Lipinski definition) is 5. The Morgan fingerprint density at radius 1 is 1.35 bits per heavy atom. The fourth-order valence-corrected chi connectivity index (χ4v) is 2.27. The molecule has 0 unspecified atom stereocenters. The molecule has 0 radical (unpaired) electrons. The zero-order valence-corrected chi connectivity index (χ0v) is 11.0. The van der Waals surface area contributed by atoms with E-state index in [0.29, 0.717) is 17.3 Å². The highest BCUT2D eigenvalue weighted by Gasteiger charge is 2.15.